The molecule has 0 radical (unpaired) electrons. The van der Waals surface area contributed by atoms with E-state index in [1.165, 1.54) is 33.4 Å². The van der Waals surface area contributed by atoms with E-state index in [0.29, 0.717) is 0 Å². The molecule has 1 nitrogen and oxygen atoms in total. The van der Waals surface area contributed by atoms with Crippen LogP contribution in [0.2, 0.25) is 0 Å². The van der Waals surface area contributed by atoms with Crippen LogP contribution in [0.4, 0.5) is 11.4 Å². The third kappa shape index (κ3) is 2.01. The number of rotatable bonds is 0. The van der Waals surface area contributed by atoms with Crippen molar-refractivity contribution in [1.82, 2.24) is 0 Å². The Hall–Kier alpha value is -2.36. The topological polar surface area (TPSA) is 12.0 Å². The number of hydrogen-bond acceptors (Lipinski definition) is 1. The Morgan fingerprint density at radius 1 is 0.536 bits per heavy atom. The van der Waals surface area contributed by atoms with E-state index in [1.54, 1.807) is 0 Å². The molecule has 6 rings (SSSR count). The lowest BCUT2D eigenvalue weighted by atomic mass is 9.65. The fourth-order valence-corrected chi connectivity index (χ4v) is 5.72. The fraction of sp³-hybridized carbons (Fsp3) is 0.0400. The summed E-state index contributed by atoms with van der Waals surface area (Å²) < 4.78 is 2.15. The molecule has 4 aromatic carbocycles. The van der Waals surface area contributed by atoms with Crippen molar-refractivity contribution in [2.75, 3.05) is 5.32 Å². The molecule has 0 unspecified atom stereocenters. The van der Waals surface area contributed by atoms with E-state index in [2.05, 4.69) is 122 Å². The molecular weight excluding hydrogens is 474 g/mol. The second-order valence-corrected chi connectivity index (χ2v) is 9.18. The molecule has 28 heavy (non-hydrogen) atoms. The molecule has 0 aromatic heterocycles. The summed E-state index contributed by atoms with van der Waals surface area (Å²) in [6.45, 7) is 0. The summed E-state index contributed by atoms with van der Waals surface area (Å²) >= 11 is 7.31. The Kier molecular flexibility index (Phi) is 3.45. The van der Waals surface area contributed by atoms with Gasteiger partial charge >= 0.3 is 0 Å². The van der Waals surface area contributed by atoms with Crippen molar-refractivity contribution in [2.24, 2.45) is 0 Å². The predicted octanol–water partition coefficient (Wildman–Crippen LogP) is 7.63. The molecule has 0 atom stereocenters. The van der Waals surface area contributed by atoms with Crippen molar-refractivity contribution >= 4 is 43.2 Å². The molecule has 0 bridgehead atoms. The molecule has 1 aliphatic heterocycles. The van der Waals surface area contributed by atoms with Crippen LogP contribution in [-0.2, 0) is 5.41 Å². The van der Waals surface area contributed by atoms with Crippen molar-refractivity contribution < 1.29 is 0 Å². The first kappa shape index (κ1) is 16.6. The van der Waals surface area contributed by atoms with Crippen LogP contribution in [0.1, 0.15) is 22.3 Å². The molecule has 1 spiro atoms. The zero-order valence-corrected chi connectivity index (χ0v) is 18.0. The zero-order chi connectivity index (χ0) is 18.9. The van der Waals surface area contributed by atoms with Gasteiger partial charge in [-0.05, 0) is 57.6 Å². The van der Waals surface area contributed by atoms with Crippen LogP contribution >= 0.6 is 31.9 Å². The summed E-state index contributed by atoms with van der Waals surface area (Å²) in [6, 6.07) is 30.9. The minimum atomic E-state index is -0.315. The molecule has 1 aliphatic carbocycles. The maximum Gasteiger partial charge on any atom is 0.0753 e. The Bertz CT molecular complexity index is 1180. The first-order valence-electron chi connectivity index (χ1n) is 9.26. The highest BCUT2D eigenvalue weighted by Gasteiger charge is 2.49. The normalized spacial score (nSPS) is 14.6. The Morgan fingerprint density at radius 3 is 1.50 bits per heavy atom. The molecule has 134 valence electrons. The number of halogens is 2. The maximum atomic E-state index is 3.67. The number of fused-ring (bicyclic) bond motifs is 9. The highest BCUT2D eigenvalue weighted by atomic mass is 79.9. The van der Waals surface area contributed by atoms with Crippen LogP contribution < -0.4 is 5.32 Å². The van der Waals surface area contributed by atoms with Crippen LogP contribution in [0.15, 0.2) is 93.9 Å². The lowest BCUT2D eigenvalue weighted by Crippen LogP contribution is -2.33. The average Bonchev–Trinajstić information content (AvgIpc) is 2.99. The van der Waals surface area contributed by atoms with E-state index in [-0.39, 0.29) is 5.41 Å². The predicted molar refractivity (Wildman–Crippen MR) is 122 cm³/mol. The maximum absolute atomic E-state index is 3.67. The first-order valence-corrected chi connectivity index (χ1v) is 10.8. The van der Waals surface area contributed by atoms with E-state index in [4.69, 9.17) is 0 Å². The van der Waals surface area contributed by atoms with Gasteiger partial charge in [0.25, 0.3) is 0 Å². The zero-order valence-electron chi connectivity index (χ0n) is 14.8. The molecule has 0 amide bonds. The molecule has 0 fully saturated rings. The third-order valence-electron chi connectivity index (χ3n) is 5.99. The van der Waals surface area contributed by atoms with Crippen LogP contribution in [0.25, 0.3) is 11.1 Å². The Morgan fingerprint density at radius 2 is 1.00 bits per heavy atom. The van der Waals surface area contributed by atoms with Crippen molar-refractivity contribution in [1.29, 1.82) is 0 Å². The van der Waals surface area contributed by atoms with Gasteiger partial charge in [0.2, 0.25) is 0 Å². The molecule has 4 aromatic rings. The van der Waals surface area contributed by atoms with Crippen molar-refractivity contribution in [2.45, 2.75) is 5.41 Å². The second-order valence-electron chi connectivity index (χ2n) is 7.35. The monoisotopic (exact) mass is 487 g/mol. The lowest BCUT2D eigenvalue weighted by Gasteiger charge is -2.40. The summed E-state index contributed by atoms with van der Waals surface area (Å²) in [6.07, 6.45) is 0. The molecule has 2 aliphatic rings. The van der Waals surface area contributed by atoms with Gasteiger partial charge in [-0.25, -0.2) is 0 Å². The average molecular weight is 489 g/mol. The van der Waals surface area contributed by atoms with Crippen LogP contribution in [-0.4, -0.2) is 0 Å². The van der Waals surface area contributed by atoms with E-state index in [0.717, 1.165) is 20.3 Å². The summed E-state index contributed by atoms with van der Waals surface area (Å²) in [4.78, 5) is 0. The van der Waals surface area contributed by atoms with E-state index in [1.807, 2.05) is 0 Å². The van der Waals surface area contributed by atoms with Gasteiger partial charge in [0, 0.05) is 20.3 Å². The molecular formula is C25H15Br2N. The number of hydrogen-bond donors (Lipinski definition) is 1. The molecule has 1 heterocycles. The first-order chi connectivity index (χ1) is 13.7. The number of nitrogens with one attached hydrogen (secondary N) is 1. The van der Waals surface area contributed by atoms with Gasteiger partial charge in [0.15, 0.2) is 0 Å². The van der Waals surface area contributed by atoms with Gasteiger partial charge in [0.05, 0.1) is 5.41 Å². The van der Waals surface area contributed by atoms with Crippen LogP contribution in [0.5, 0.6) is 0 Å². The van der Waals surface area contributed by atoms with Gasteiger partial charge in [-0.2, -0.15) is 0 Å². The lowest BCUT2D eigenvalue weighted by molar-refractivity contribution is 0.762. The van der Waals surface area contributed by atoms with Gasteiger partial charge in [-0.15, -0.1) is 0 Å². The third-order valence-corrected chi connectivity index (χ3v) is 6.98. The highest BCUT2D eigenvalue weighted by molar-refractivity contribution is 9.10. The molecule has 1 N–H and O–H groups in total. The largest absolute Gasteiger partial charge is 0.355 e. The summed E-state index contributed by atoms with van der Waals surface area (Å²) in [5.74, 6) is 0. The minimum absolute atomic E-state index is 0.315. The second kappa shape index (κ2) is 5.82. The van der Waals surface area contributed by atoms with Crippen molar-refractivity contribution in [3.63, 3.8) is 0 Å². The van der Waals surface area contributed by atoms with Gasteiger partial charge in [-0.1, -0.05) is 92.5 Å². The molecule has 0 saturated heterocycles. The molecule has 0 saturated carbocycles. The van der Waals surface area contributed by atoms with Crippen LogP contribution in [0, 0.1) is 0 Å². The number of anilines is 2. The Balaban J connectivity index is 1.84. The van der Waals surface area contributed by atoms with E-state index in [9.17, 15) is 0 Å². The van der Waals surface area contributed by atoms with Gasteiger partial charge in [0.1, 0.15) is 0 Å². The summed E-state index contributed by atoms with van der Waals surface area (Å²) in [5.41, 5.74) is 9.91. The summed E-state index contributed by atoms with van der Waals surface area (Å²) in [5, 5.41) is 3.67. The highest BCUT2D eigenvalue weighted by Crippen LogP contribution is 2.61. The van der Waals surface area contributed by atoms with Crippen molar-refractivity contribution in [3.05, 3.63) is 116 Å². The molecule has 3 heteroatoms. The quantitative estimate of drug-likeness (QED) is 0.231. The number of benzene rings is 4. The van der Waals surface area contributed by atoms with E-state index >= 15 is 0 Å². The van der Waals surface area contributed by atoms with Crippen molar-refractivity contribution in [3.8, 4) is 11.1 Å². The minimum Gasteiger partial charge on any atom is -0.355 e. The van der Waals surface area contributed by atoms with Gasteiger partial charge in [-0.3, -0.25) is 0 Å². The summed E-state index contributed by atoms with van der Waals surface area (Å²) in [7, 11) is 0. The SMILES string of the molecule is Brc1ccc2c(c1)Nc1cc(Br)ccc1C21c2ccccc2-c2ccccc21. The standard InChI is InChI=1S/C25H15Br2N/c26-15-9-11-21-23(13-15)28-24-14-16(27)10-12-22(24)25(21)19-7-3-1-5-17(19)18-6-2-4-8-20(18)25/h1-14,28H. The van der Waals surface area contributed by atoms with E-state index < -0.39 is 0 Å². The Labute approximate surface area is 180 Å². The smallest absolute Gasteiger partial charge is 0.0753 e. The van der Waals surface area contributed by atoms with Crippen LogP contribution in [0.3, 0.4) is 0 Å². The fourth-order valence-electron chi connectivity index (χ4n) is 5.00. The van der Waals surface area contributed by atoms with Gasteiger partial charge < -0.3 is 5.32 Å².